The highest BCUT2D eigenvalue weighted by molar-refractivity contribution is 7.74. The van der Waals surface area contributed by atoms with E-state index in [1.165, 1.54) is 18.2 Å². The van der Waals surface area contributed by atoms with E-state index >= 15 is 0 Å². The number of rotatable bonds is 2. The average Bonchev–Trinajstić information content (AvgIpc) is 1.81. The summed E-state index contributed by atoms with van der Waals surface area (Å²) in [6, 6.07) is 4.28. The van der Waals surface area contributed by atoms with Crippen molar-refractivity contribution in [1.29, 1.82) is 0 Å². The highest BCUT2D eigenvalue weighted by Gasteiger charge is 2.01. The Morgan fingerprint density at radius 2 is 1.75 bits per heavy atom. The number of benzene rings is 1. The molecule has 0 aliphatic carbocycles. The van der Waals surface area contributed by atoms with Crippen molar-refractivity contribution >= 4 is 34.6 Å². The van der Waals surface area contributed by atoms with Crippen LogP contribution >= 0.6 is 23.2 Å². The first kappa shape index (κ1) is 9.80. The molecule has 66 valence electrons. The van der Waals surface area contributed by atoms with Crippen LogP contribution in [0.5, 0.6) is 5.75 Å². The minimum Gasteiger partial charge on any atom is -0.380 e. The van der Waals surface area contributed by atoms with Crippen molar-refractivity contribution in [1.82, 2.24) is 0 Å². The van der Waals surface area contributed by atoms with Gasteiger partial charge < -0.3 is 4.18 Å². The van der Waals surface area contributed by atoms with Crippen LogP contribution in [0.2, 0.25) is 10.0 Å². The first-order chi connectivity index (χ1) is 5.58. The Bertz CT molecular complexity index is 295. The molecule has 1 unspecified atom stereocenters. The lowest BCUT2D eigenvalue weighted by Gasteiger charge is -2.00. The standard InChI is InChI=1S/C6H4Cl2O3S/c7-4-1-5(8)3-6(2-4)11-12(9)10/h1-3H,(H,9,10). The lowest BCUT2D eigenvalue weighted by Crippen LogP contribution is -1.96. The summed E-state index contributed by atoms with van der Waals surface area (Å²) in [5.74, 6) is 0.160. The molecular weight excluding hydrogens is 223 g/mol. The molecule has 6 heteroatoms. The minimum absolute atomic E-state index is 0.160. The van der Waals surface area contributed by atoms with Gasteiger partial charge in [0, 0.05) is 22.2 Å². The second-order valence-corrected chi connectivity index (χ2v) is 3.38. The molecule has 0 saturated carbocycles. The third kappa shape index (κ3) is 2.98. The van der Waals surface area contributed by atoms with Crippen LogP contribution in [0.4, 0.5) is 0 Å². The minimum atomic E-state index is -2.35. The molecule has 3 nitrogen and oxygen atoms in total. The van der Waals surface area contributed by atoms with Crippen LogP contribution in [0.15, 0.2) is 18.2 Å². The Morgan fingerprint density at radius 1 is 1.25 bits per heavy atom. The molecule has 0 aliphatic rings. The normalized spacial score (nSPS) is 12.6. The second kappa shape index (κ2) is 4.09. The maximum Gasteiger partial charge on any atom is 0.357 e. The molecule has 1 rings (SSSR count). The monoisotopic (exact) mass is 226 g/mol. The van der Waals surface area contributed by atoms with Gasteiger partial charge in [0.2, 0.25) is 0 Å². The zero-order valence-electron chi connectivity index (χ0n) is 5.66. The zero-order valence-corrected chi connectivity index (χ0v) is 7.99. The van der Waals surface area contributed by atoms with E-state index in [0.29, 0.717) is 10.0 Å². The van der Waals surface area contributed by atoms with Crippen molar-refractivity contribution in [3.05, 3.63) is 28.2 Å². The van der Waals surface area contributed by atoms with E-state index in [0.717, 1.165) is 0 Å². The topological polar surface area (TPSA) is 46.5 Å². The molecule has 1 N–H and O–H groups in total. The fraction of sp³-hybridized carbons (Fsp3) is 0. The predicted molar refractivity (Wildman–Crippen MR) is 47.9 cm³/mol. The van der Waals surface area contributed by atoms with Crippen LogP contribution in [-0.2, 0) is 11.4 Å². The Hall–Kier alpha value is -0.290. The quantitative estimate of drug-likeness (QED) is 0.789. The summed E-state index contributed by atoms with van der Waals surface area (Å²) in [6.07, 6.45) is 0. The molecule has 0 heterocycles. The van der Waals surface area contributed by atoms with Gasteiger partial charge in [-0.05, 0) is 6.07 Å². The van der Waals surface area contributed by atoms with Crippen LogP contribution in [0, 0.1) is 0 Å². The van der Waals surface area contributed by atoms with Gasteiger partial charge in [0.25, 0.3) is 0 Å². The van der Waals surface area contributed by atoms with Crippen LogP contribution in [0.1, 0.15) is 0 Å². The summed E-state index contributed by atoms with van der Waals surface area (Å²) in [4.78, 5) is 0. The fourth-order valence-electron chi connectivity index (χ4n) is 0.659. The summed E-state index contributed by atoms with van der Waals surface area (Å²) in [6.45, 7) is 0. The lowest BCUT2D eigenvalue weighted by atomic mass is 10.3. The van der Waals surface area contributed by atoms with E-state index in [1.807, 2.05) is 0 Å². The molecule has 1 aromatic rings. The van der Waals surface area contributed by atoms with Gasteiger partial charge in [-0.3, -0.25) is 4.55 Å². The molecule has 12 heavy (non-hydrogen) atoms. The van der Waals surface area contributed by atoms with Gasteiger partial charge in [-0.2, -0.15) is 4.21 Å². The summed E-state index contributed by atoms with van der Waals surface area (Å²) in [5.41, 5.74) is 0. The van der Waals surface area contributed by atoms with Crippen LogP contribution < -0.4 is 4.18 Å². The van der Waals surface area contributed by atoms with E-state index < -0.39 is 11.4 Å². The Balaban J connectivity index is 2.93. The molecule has 1 aromatic carbocycles. The molecule has 0 bridgehead atoms. The van der Waals surface area contributed by atoms with Crippen molar-refractivity contribution in [2.45, 2.75) is 0 Å². The van der Waals surface area contributed by atoms with Gasteiger partial charge in [0.15, 0.2) is 0 Å². The van der Waals surface area contributed by atoms with Gasteiger partial charge in [-0.1, -0.05) is 23.2 Å². The third-order valence-electron chi connectivity index (χ3n) is 1.00. The van der Waals surface area contributed by atoms with Gasteiger partial charge in [-0.25, -0.2) is 0 Å². The molecule has 0 radical (unpaired) electrons. The van der Waals surface area contributed by atoms with Crippen LogP contribution in [-0.4, -0.2) is 8.76 Å². The van der Waals surface area contributed by atoms with E-state index in [-0.39, 0.29) is 5.75 Å². The lowest BCUT2D eigenvalue weighted by molar-refractivity contribution is 0.458. The number of hydrogen-bond acceptors (Lipinski definition) is 2. The predicted octanol–water partition coefficient (Wildman–Crippen LogP) is 2.51. The molecule has 0 fully saturated rings. The zero-order chi connectivity index (χ0) is 9.14. The van der Waals surface area contributed by atoms with E-state index in [1.54, 1.807) is 0 Å². The molecule has 0 amide bonds. The van der Waals surface area contributed by atoms with Gasteiger partial charge in [0.1, 0.15) is 5.75 Å². The van der Waals surface area contributed by atoms with E-state index in [4.69, 9.17) is 27.8 Å². The van der Waals surface area contributed by atoms with Crippen molar-refractivity contribution in [3.8, 4) is 5.75 Å². The Kier molecular flexibility index (Phi) is 3.34. The smallest absolute Gasteiger partial charge is 0.357 e. The van der Waals surface area contributed by atoms with Crippen LogP contribution in [0.3, 0.4) is 0 Å². The van der Waals surface area contributed by atoms with Crippen molar-refractivity contribution in [2.75, 3.05) is 0 Å². The molecule has 0 aromatic heterocycles. The van der Waals surface area contributed by atoms with Gasteiger partial charge in [-0.15, -0.1) is 0 Å². The second-order valence-electron chi connectivity index (χ2n) is 1.91. The maximum absolute atomic E-state index is 10.2. The maximum atomic E-state index is 10.2. The first-order valence-electron chi connectivity index (χ1n) is 2.83. The Morgan fingerprint density at radius 3 is 2.17 bits per heavy atom. The fourth-order valence-corrected chi connectivity index (χ4v) is 1.43. The Labute approximate surface area is 81.7 Å². The van der Waals surface area contributed by atoms with E-state index in [2.05, 4.69) is 4.18 Å². The largest absolute Gasteiger partial charge is 0.380 e. The molecule has 0 spiro atoms. The number of halogens is 2. The summed E-state index contributed by atoms with van der Waals surface area (Å²) in [5, 5.41) is 0.700. The van der Waals surface area contributed by atoms with E-state index in [9.17, 15) is 4.21 Å². The molecule has 1 atom stereocenters. The summed E-state index contributed by atoms with van der Waals surface area (Å²) >= 11 is 8.83. The average molecular weight is 227 g/mol. The third-order valence-corrected chi connectivity index (χ3v) is 1.78. The van der Waals surface area contributed by atoms with Crippen molar-refractivity contribution in [3.63, 3.8) is 0 Å². The van der Waals surface area contributed by atoms with Gasteiger partial charge >= 0.3 is 11.4 Å². The summed E-state index contributed by atoms with van der Waals surface area (Å²) in [7, 11) is 0. The number of hydrogen-bond donors (Lipinski definition) is 1. The van der Waals surface area contributed by atoms with Crippen LogP contribution in [0.25, 0.3) is 0 Å². The van der Waals surface area contributed by atoms with Crippen molar-refractivity contribution < 1.29 is 12.9 Å². The first-order valence-corrected chi connectivity index (χ1v) is 4.62. The van der Waals surface area contributed by atoms with Crippen molar-refractivity contribution in [2.24, 2.45) is 0 Å². The highest BCUT2D eigenvalue weighted by Crippen LogP contribution is 2.24. The SMILES string of the molecule is O=S(O)Oc1cc(Cl)cc(Cl)c1. The molecule has 0 saturated heterocycles. The molecular formula is C6H4Cl2O3S. The molecule has 0 aliphatic heterocycles. The van der Waals surface area contributed by atoms with Gasteiger partial charge in [0.05, 0.1) is 0 Å². The summed E-state index contributed by atoms with van der Waals surface area (Å²) < 4.78 is 23.0. The highest BCUT2D eigenvalue weighted by atomic mass is 35.5.